The number of ether oxygens (including phenoxy) is 4. The average Bonchev–Trinajstić information content (AvgIpc) is 2.92. The molecule has 198 valence electrons. The molecule has 0 aliphatic carbocycles. The Bertz CT molecular complexity index is 1430. The molecule has 4 rings (SSSR count). The minimum atomic E-state index is -0.627. The molecule has 0 saturated carbocycles. The summed E-state index contributed by atoms with van der Waals surface area (Å²) in [4.78, 5) is 13.2. The summed E-state index contributed by atoms with van der Waals surface area (Å²) in [6.45, 7) is 8.45. The maximum absolute atomic E-state index is 13.2. The molecular formula is C31H30Cl2O5. The fraction of sp³-hybridized carbons (Fsp3) is 0.258. The summed E-state index contributed by atoms with van der Waals surface area (Å²) in [6, 6.07) is 20.3. The van der Waals surface area contributed by atoms with E-state index in [0.717, 1.165) is 12.0 Å². The van der Waals surface area contributed by atoms with Gasteiger partial charge in [-0.25, -0.2) is 4.79 Å². The van der Waals surface area contributed by atoms with E-state index in [4.69, 9.17) is 42.1 Å². The van der Waals surface area contributed by atoms with Crippen LogP contribution >= 0.6 is 23.2 Å². The van der Waals surface area contributed by atoms with Crippen molar-refractivity contribution in [1.29, 1.82) is 0 Å². The number of benzene rings is 4. The molecule has 38 heavy (non-hydrogen) atoms. The molecule has 0 fully saturated rings. The van der Waals surface area contributed by atoms with E-state index in [1.807, 2.05) is 26.8 Å². The number of carbonyl (C=O) groups excluding carboxylic acids is 1. The SMILES string of the molecule is CCOc1c(OCC)c(OC(C)c2ccc(CC)cc2)c2ccc(Cl)cc2c1OC(=O)c1ccccc1Cl. The minimum Gasteiger partial charge on any atom is -0.487 e. The third-order valence-electron chi connectivity index (χ3n) is 6.11. The molecule has 0 bridgehead atoms. The van der Waals surface area contributed by atoms with E-state index in [1.54, 1.807) is 36.4 Å². The standard InChI is InChI=1S/C31H30Cl2O5/c1-5-20-12-14-21(15-13-20)19(4)37-27-23-17-16-22(32)18-25(23)28(30(36-7-3)29(27)35-6-2)38-31(34)24-10-8-9-11-26(24)33/h8-19H,5-7H2,1-4H3. The van der Waals surface area contributed by atoms with Crippen molar-refractivity contribution in [3.63, 3.8) is 0 Å². The third kappa shape index (κ3) is 5.85. The Balaban J connectivity index is 1.89. The molecule has 5 nitrogen and oxygen atoms in total. The molecule has 0 aromatic heterocycles. The fourth-order valence-electron chi connectivity index (χ4n) is 4.17. The molecule has 0 amide bonds. The lowest BCUT2D eigenvalue weighted by molar-refractivity contribution is 0.0729. The molecule has 0 spiro atoms. The number of carbonyl (C=O) groups is 1. The smallest absolute Gasteiger partial charge is 0.345 e. The molecule has 4 aromatic carbocycles. The minimum absolute atomic E-state index is 0.185. The van der Waals surface area contributed by atoms with Gasteiger partial charge in [-0.05, 0) is 68.7 Å². The van der Waals surface area contributed by atoms with Gasteiger partial charge in [0.25, 0.3) is 0 Å². The van der Waals surface area contributed by atoms with Crippen LogP contribution in [-0.2, 0) is 6.42 Å². The molecule has 4 aromatic rings. The Kier molecular flexibility index (Phi) is 9.03. The second kappa shape index (κ2) is 12.4. The normalized spacial score (nSPS) is 11.7. The van der Waals surface area contributed by atoms with E-state index in [0.29, 0.717) is 40.5 Å². The second-order valence-electron chi connectivity index (χ2n) is 8.60. The van der Waals surface area contributed by atoms with Gasteiger partial charge in [-0.1, -0.05) is 66.5 Å². The maximum atomic E-state index is 13.2. The lowest BCUT2D eigenvalue weighted by Crippen LogP contribution is -2.13. The lowest BCUT2D eigenvalue weighted by atomic mass is 10.0. The van der Waals surface area contributed by atoms with Crippen molar-refractivity contribution in [2.24, 2.45) is 0 Å². The summed E-state index contributed by atoms with van der Waals surface area (Å²) in [7, 11) is 0. The highest BCUT2D eigenvalue weighted by Crippen LogP contribution is 2.53. The van der Waals surface area contributed by atoms with Gasteiger partial charge in [0.1, 0.15) is 6.10 Å². The highest BCUT2D eigenvalue weighted by molar-refractivity contribution is 6.33. The van der Waals surface area contributed by atoms with Gasteiger partial charge >= 0.3 is 5.97 Å². The summed E-state index contributed by atoms with van der Waals surface area (Å²) in [5, 5.41) is 1.97. The van der Waals surface area contributed by atoms with Crippen LogP contribution in [0.25, 0.3) is 10.8 Å². The number of rotatable bonds is 10. The van der Waals surface area contributed by atoms with Crippen molar-refractivity contribution < 1.29 is 23.7 Å². The summed E-state index contributed by atoms with van der Waals surface area (Å²) < 4.78 is 24.6. The highest BCUT2D eigenvalue weighted by atomic mass is 35.5. The van der Waals surface area contributed by atoms with Crippen molar-refractivity contribution in [2.75, 3.05) is 13.2 Å². The Labute approximate surface area is 233 Å². The molecule has 1 unspecified atom stereocenters. The van der Waals surface area contributed by atoms with Gasteiger partial charge in [-0.15, -0.1) is 0 Å². The van der Waals surface area contributed by atoms with Gasteiger partial charge in [-0.3, -0.25) is 0 Å². The number of esters is 1. The van der Waals surface area contributed by atoms with Crippen molar-refractivity contribution in [3.05, 3.63) is 93.5 Å². The van der Waals surface area contributed by atoms with Crippen molar-refractivity contribution in [2.45, 2.75) is 40.2 Å². The quantitative estimate of drug-likeness (QED) is 0.145. The van der Waals surface area contributed by atoms with Crippen molar-refractivity contribution in [1.82, 2.24) is 0 Å². The van der Waals surface area contributed by atoms with Gasteiger partial charge in [-0.2, -0.15) is 0 Å². The Morgan fingerprint density at radius 3 is 2.08 bits per heavy atom. The van der Waals surface area contributed by atoms with Crippen LogP contribution in [0.2, 0.25) is 10.0 Å². The number of hydrogen-bond acceptors (Lipinski definition) is 5. The van der Waals surface area contributed by atoms with Crippen molar-refractivity contribution >= 4 is 39.9 Å². The van der Waals surface area contributed by atoms with Gasteiger partial charge in [0.2, 0.25) is 11.5 Å². The lowest BCUT2D eigenvalue weighted by Gasteiger charge is -2.24. The number of halogens is 2. The average molecular weight is 553 g/mol. The van der Waals surface area contributed by atoms with Crippen LogP contribution in [0.15, 0.2) is 66.7 Å². The van der Waals surface area contributed by atoms with Gasteiger partial charge in [0.05, 0.1) is 23.8 Å². The fourth-order valence-corrected chi connectivity index (χ4v) is 4.55. The van der Waals surface area contributed by atoms with E-state index in [-0.39, 0.29) is 28.2 Å². The zero-order valence-corrected chi connectivity index (χ0v) is 23.4. The summed E-state index contributed by atoms with van der Waals surface area (Å²) in [5.74, 6) is 0.645. The molecule has 0 N–H and O–H groups in total. The Hall–Kier alpha value is -3.41. The van der Waals surface area contributed by atoms with Crippen LogP contribution < -0.4 is 18.9 Å². The summed E-state index contributed by atoms with van der Waals surface area (Å²) in [5.41, 5.74) is 2.49. The first-order valence-corrected chi connectivity index (χ1v) is 13.4. The topological polar surface area (TPSA) is 54.0 Å². The van der Waals surface area contributed by atoms with E-state index in [9.17, 15) is 4.79 Å². The Morgan fingerprint density at radius 2 is 1.45 bits per heavy atom. The molecule has 0 saturated heterocycles. The van der Waals surface area contributed by atoms with Crippen LogP contribution in [-0.4, -0.2) is 19.2 Å². The predicted octanol–water partition coefficient (Wildman–Crippen LogP) is 8.87. The molecule has 7 heteroatoms. The third-order valence-corrected chi connectivity index (χ3v) is 6.67. The highest BCUT2D eigenvalue weighted by Gasteiger charge is 2.28. The molecule has 0 radical (unpaired) electrons. The first-order chi connectivity index (χ1) is 18.4. The zero-order chi connectivity index (χ0) is 27.2. The maximum Gasteiger partial charge on any atom is 0.345 e. The summed E-state index contributed by atoms with van der Waals surface area (Å²) in [6.07, 6.45) is 0.659. The van der Waals surface area contributed by atoms with Crippen LogP contribution in [0.4, 0.5) is 0 Å². The predicted molar refractivity (Wildman–Crippen MR) is 153 cm³/mol. The molecule has 0 aliphatic heterocycles. The van der Waals surface area contributed by atoms with Crippen molar-refractivity contribution in [3.8, 4) is 23.0 Å². The molecule has 0 aliphatic rings. The van der Waals surface area contributed by atoms with E-state index in [2.05, 4.69) is 31.2 Å². The number of aryl methyl sites for hydroxylation is 1. The molecule has 1 atom stereocenters. The Morgan fingerprint density at radius 1 is 0.789 bits per heavy atom. The van der Waals surface area contributed by atoms with Crippen LogP contribution in [0, 0.1) is 0 Å². The molecule has 0 heterocycles. The summed E-state index contributed by atoms with van der Waals surface area (Å²) >= 11 is 12.7. The van der Waals surface area contributed by atoms with Crippen LogP contribution in [0.3, 0.4) is 0 Å². The monoisotopic (exact) mass is 552 g/mol. The molecular weight excluding hydrogens is 523 g/mol. The van der Waals surface area contributed by atoms with E-state index >= 15 is 0 Å². The largest absolute Gasteiger partial charge is 0.487 e. The zero-order valence-electron chi connectivity index (χ0n) is 21.8. The first kappa shape index (κ1) is 27.6. The number of fused-ring (bicyclic) bond motifs is 1. The first-order valence-electron chi connectivity index (χ1n) is 12.6. The second-order valence-corrected chi connectivity index (χ2v) is 9.44. The van der Waals surface area contributed by atoms with Gasteiger partial charge in [0.15, 0.2) is 11.5 Å². The van der Waals surface area contributed by atoms with Gasteiger partial charge in [0, 0.05) is 15.8 Å². The van der Waals surface area contributed by atoms with E-state index in [1.165, 1.54) is 5.56 Å². The van der Waals surface area contributed by atoms with Gasteiger partial charge < -0.3 is 18.9 Å². The number of hydrogen-bond donors (Lipinski definition) is 0. The van der Waals surface area contributed by atoms with Crippen LogP contribution in [0.1, 0.15) is 55.3 Å². The van der Waals surface area contributed by atoms with E-state index < -0.39 is 5.97 Å². The van der Waals surface area contributed by atoms with Crippen LogP contribution in [0.5, 0.6) is 23.0 Å².